The standard InChI is InChI=1S/C10H15NO3/c12-10(13)9-8-4-7(5-14-8)11(9)6-2-1-3-6/h6-9H,1-5H2,(H,12,13). The van der Waals surface area contributed by atoms with Crippen LogP contribution in [-0.2, 0) is 9.53 Å². The van der Waals surface area contributed by atoms with Crippen molar-refractivity contribution in [2.24, 2.45) is 0 Å². The van der Waals surface area contributed by atoms with Crippen LogP contribution in [0.25, 0.3) is 0 Å². The topological polar surface area (TPSA) is 49.8 Å². The summed E-state index contributed by atoms with van der Waals surface area (Å²) >= 11 is 0. The van der Waals surface area contributed by atoms with Crippen LogP contribution in [0.5, 0.6) is 0 Å². The van der Waals surface area contributed by atoms with Crippen LogP contribution in [0.2, 0.25) is 0 Å². The Balaban J connectivity index is 1.82. The van der Waals surface area contributed by atoms with Crippen molar-refractivity contribution in [1.29, 1.82) is 0 Å². The third kappa shape index (κ3) is 1.04. The first kappa shape index (κ1) is 8.68. The summed E-state index contributed by atoms with van der Waals surface area (Å²) in [5, 5.41) is 9.15. The summed E-state index contributed by atoms with van der Waals surface area (Å²) in [5.41, 5.74) is 0. The van der Waals surface area contributed by atoms with E-state index in [0.29, 0.717) is 12.1 Å². The average molecular weight is 197 g/mol. The van der Waals surface area contributed by atoms with Gasteiger partial charge in [-0.3, -0.25) is 9.69 Å². The fourth-order valence-electron chi connectivity index (χ4n) is 2.98. The third-order valence-electron chi connectivity index (χ3n) is 3.85. The molecule has 2 heterocycles. The molecule has 1 N–H and O–H groups in total. The number of ether oxygens (including phenoxy) is 1. The second-order valence-corrected chi connectivity index (χ2v) is 4.58. The Morgan fingerprint density at radius 3 is 2.71 bits per heavy atom. The van der Waals surface area contributed by atoms with Crippen molar-refractivity contribution in [2.75, 3.05) is 6.61 Å². The molecule has 3 atom stereocenters. The number of carboxylic acids is 1. The van der Waals surface area contributed by atoms with Crippen molar-refractivity contribution < 1.29 is 14.6 Å². The molecule has 4 heteroatoms. The molecule has 3 unspecified atom stereocenters. The highest BCUT2D eigenvalue weighted by Crippen LogP contribution is 2.40. The third-order valence-corrected chi connectivity index (χ3v) is 3.85. The molecule has 3 rings (SSSR count). The average Bonchev–Trinajstić information content (AvgIpc) is 2.59. The molecule has 2 saturated heterocycles. The van der Waals surface area contributed by atoms with E-state index in [-0.39, 0.29) is 12.1 Å². The smallest absolute Gasteiger partial charge is 0.323 e. The van der Waals surface area contributed by atoms with E-state index in [2.05, 4.69) is 4.90 Å². The van der Waals surface area contributed by atoms with E-state index in [9.17, 15) is 4.79 Å². The fraction of sp³-hybridized carbons (Fsp3) is 0.900. The van der Waals surface area contributed by atoms with Crippen LogP contribution in [0.1, 0.15) is 25.7 Å². The second-order valence-electron chi connectivity index (χ2n) is 4.58. The molecular weight excluding hydrogens is 182 g/mol. The van der Waals surface area contributed by atoms with E-state index in [1.807, 2.05) is 0 Å². The molecule has 0 radical (unpaired) electrons. The first-order valence-corrected chi connectivity index (χ1v) is 5.39. The summed E-state index contributed by atoms with van der Waals surface area (Å²) < 4.78 is 5.45. The molecule has 0 amide bonds. The van der Waals surface area contributed by atoms with Gasteiger partial charge in [-0.1, -0.05) is 6.42 Å². The van der Waals surface area contributed by atoms with Gasteiger partial charge >= 0.3 is 5.97 Å². The van der Waals surface area contributed by atoms with E-state index in [0.717, 1.165) is 13.0 Å². The van der Waals surface area contributed by atoms with E-state index in [1.165, 1.54) is 19.3 Å². The SMILES string of the molecule is O=C(O)C1C2CC(CO2)N1C1CCC1. The number of likely N-dealkylation sites (tertiary alicyclic amines) is 1. The maximum Gasteiger partial charge on any atom is 0.323 e. The molecule has 2 bridgehead atoms. The zero-order chi connectivity index (χ0) is 9.71. The molecule has 0 aromatic heterocycles. The largest absolute Gasteiger partial charge is 0.480 e. The van der Waals surface area contributed by atoms with Crippen molar-refractivity contribution in [3.63, 3.8) is 0 Å². The van der Waals surface area contributed by atoms with Crippen LogP contribution in [0, 0.1) is 0 Å². The van der Waals surface area contributed by atoms with Gasteiger partial charge in [-0.2, -0.15) is 0 Å². The lowest BCUT2D eigenvalue weighted by atomic mass is 9.90. The molecular formula is C10H15NO3. The van der Waals surface area contributed by atoms with Gasteiger partial charge in [-0.25, -0.2) is 0 Å². The van der Waals surface area contributed by atoms with Gasteiger partial charge in [-0.05, 0) is 19.3 Å². The van der Waals surface area contributed by atoms with Crippen molar-refractivity contribution in [2.45, 2.75) is 49.9 Å². The van der Waals surface area contributed by atoms with Crippen molar-refractivity contribution in [3.05, 3.63) is 0 Å². The summed E-state index contributed by atoms with van der Waals surface area (Å²) in [4.78, 5) is 13.3. The van der Waals surface area contributed by atoms with E-state index in [4.69, 9.17) is 9.84 Å². The van der Waals surface area contributed by atoms with Crippen LogP contribution in [-0.4, -0.2) is 46.8 Å². The highest BCUT2D eigenvalue weighted by molar-refractivity contribution is 5.75. The van der Waals surface area contributed by atoms with Crippen molar-refractivity contribution >= 4 is 5.97 Å². The summed E-state index contributed by atoms with van der Waals surface area (Å²) in [5.74, 6) is -0.705. The van der Waals surface area contributed by atoms with Crippen LogP contribution >= 0.6 is 0 Å². The Kier molecular flexibility index (Phi) is 1.82. The molecule has 2 aliphatic heterocycles. The number of hydrogen-bond donors (Lipinski definition) is 1. The molecule has 14 heavy (non-hydrogen) atoms. The minimum Gasteiger partial charge on any atom is -0.480 e. The number of carboxylic acid groups (broad SMARTS) is 1. The number of aliphatic carboxylic acids is 1. The van der Waals surface area contributed by atoms with Crippen LogP contribution in [0.3, 0.4) is 0 Å². The predicted octanol–water partition coefficient (Wildman–Crippen LogP) is 0.465. The lowest BCUT2D eigenvalue weighted by Gasteiger charge is -2.42. The van der Waals surface area contributed by atoms with Crippen molar-refractivity contribution in [1.82, 2.24) is 4.90 Å². The molecule has 0 spiro atoms. The summed E-state index contributed by atoms with van der Waals surface area (Å²) in [7, 11) is 0. The van der Waals surface area contributed by atoms with Gasteiger partial charge in [0.25, 0.3) is 0 Å². The molecule has 0 aromatic rings. The number of morpholine rings is 1. The van der Waals surface area contributed by atoms with E-state index in [1.54, 1.807) is 0 Å². The fourth-order valence-corrected chi connectivity index (χ4v) is 2.98. The van der Waals surface area contributed by atoms with Gasteiger partial charge in [0.05, 0.1) is 12.7 Å². The van der Waals surface area contributed by atoms with Crippen LogP contribution in [0.15, 0.2) is 0 Å². The van der Waals surface area contributed by atoms with Gasteiger partial charge in [0.1, 0.15) is 6.04 Å². The Morgan fingerprint density at radius 2 is 2.14 bits per heavy atom. The molecule has 3 fully saturated rings. The van der Waals surface area contributed by atoms with Crippen molar-refractivity contribution in [3.8, 4) is 0 Å². The Bertz CT molecular complexity index is 264. The molecule has 4 nitrogen and oxygen atoms in total. The van der Waals surface area contributed by atoms with Gasteiger partial charge < -0.3 is 9.84 Å². The lowest BCUT2D eigenvalue weighted by molar-refractivity contribution is -0.153. The van der Waals surface area contributed by atoms with Gasteiger partial charge in [-0.15, -0.1) is 0 Å². The maximum absolute atomic E-state index is 11.1. The summed E-state index contributed by atoms with van der Waals surface area (Å²) in [6.45, 7) is 0.741. The maximum atomic E-state index is 11.1. The Morgan fingerprint density at radius 1 is 1.36 bits per heavy atom. The first-order chi connectivity index (χ1) is 6.77. The number of hydrogen-bond acceptors (Lipinski definition) is 3. The quantitative estimate of drug-likeness (QED) is 0.699. The molecule has 78 valence electrons. The first-order valence-electron chi connectivity index (χ1n) is 5.39. The number of nitrogens with zero attached hydrogens (tertiary/aromatic N) is 1. The molecule has 1 aliphatic carbocycles. The van der Waals surface area contributed by atoms with Gasteiger partial charge in [0.15, 0.2) is 0 Å². The molecule has 0 aromatic carbocycles. The number of carbonyl (C=O) groups is 1. The summed E-state index contributed by atoms with van der Waals surface area (Å²) in [6.07, 6.45) is 4.48. The van der Waals surface area contributed by atoms with Gasteiger partial charge in [0, 0.05) is 12.1 Å². The predicted molar refractivity (Wildman–Crippen MR) is 49.0 cm³/mol. The summed E-state index contributed by atoms with van der Waals surface area (Å²) in [6, 6.07) is 0.542. The normalized spacial score (nSPS) is 42.7. The Hall–Kier alpha value is -0.610. The van der Waals surface area contributed by atoms with E-state index >= 15 is 0 Å². The number of fused-ring (bicyclic) bond motifs is 2. The lowest BCUT2D eigenvalue weighted by Crippen LogP contribution is -2.56. The Labute approximate surface area is 82.8 Å². The zero-order valence-corrected chi connectivity index (χ0v) is 8.06. The van der Waals surface area contributed by atoms with Gasteiger partial charge in [0.2, 0.25) is 0 Å². The van der Waals surface area contributed by atoms with Crippen LogP contribution < -0.4 is 0 Å². The van der Waals surface area contributed by atoms with E-state index < -0.39 is 5.97 Å². The van der Waals surface area contributed by atoms with Crippen LogP contribution in [0.4, 0.5) is 0 Å². The minimum atomic E-state index is -0.705. The number of rotatable bonds is 2. The monoisotopic (exact) mass is 197 g/mol. The zero-order valence-electron chi connectivity index (χ0n) is 8.06. The highest BCUT2D eigenvalue weighted by atomic mass is 16.5. The second kappa shape index (κ2) is 2.94. The minimum absolute atomic E-state index is 0.0434. The molecule has 1 saturated carbocycles. The highest BCUT2D eigenvalue weighted by Gasteiger charge is 2.53. The molecule has 3 aliphatic rings.